The zero-order valence-electron chi connectivity index (χ0n) is 11.3. The molecule has 0 saturated heterocycles. The fourth-order valence-corrected chi connectivity index (χ4v) is 2.92. The van der Waals surface area contributed by atoms with Gasteiger partial charge in [-0.2, -0.15) is 0 Å². The second kappa shape index (κ2) is 5.76. The van der Waals surface area contributed by atoms with Gasteiger partial charge >= 0.3 is 0 Å². The Morgan fingerprint density at radius 2 is 1.95 bits per heavy atom. The molecule has 0 amide bonds. The zero-order valence-corrected chi connectivity index (χ0v) is 12.9. The third kappa shape index (κ3) is 2.82. The van der Waals surface area contributed by atoms with Crippen LogP contribution >= 0.6 is 23.2 Å². The first-order chi connectivity index (χ1) is 10.1. The maximum atomic E-state index is 10.4. The van der Waals surface area contributed by atoms with E-state index < -0.39 is 6.10 Å². The Morgan fingerprint density at radius 1 is 1.14 bits per heavy atom. The lowest BCUT2D eigenvalue weighted by Gasteiger charge is -2.30. The molecule has 2 aromatic rings. The number of benzene rings is 2. The Kier molecular flexibility index (Phi) is 3.98. The summed E-state index contributed by atoms with van der Waals surface area (Å²) in [4.78, 5) is 0. The highest BCUT2D eigenvalue weighted by Crippen LogP contribution is 2.43. The van der Waals surface area contributed by atoms with Gasteiger partial charge < -0.3 is 14.6 Å². The van der Waals surface area contributed by atoms with Crippen LogP contribution in [0.3, 0.4) is 0 Å². The second-order valence-electron chi connectivity index (χ2n) is 4.93. The van der Waals surface area contributed by atoms with Gasteiger partial charge in [-0.25, -0.2) is 0 Å². The third-order valence-corrected chi connectivity index (χ3v) is 4.17. The summed E-state index contributed by atoms with van der Waals surface area (Å²) in [6, 6.07) is 10.6. The lowest BCUT2D eigenvalue weighted by molar-refractivity contribution is 0.0655. The van der Waals surface area contributed by atoms with Gasteiger partial charge in [0.05, 0.1) is 13.2 Å². The number of ether oxygens (including phenoxy) is 2. The standard InChI is InChI=1S/C16H14Cl2O3/c1-20-10-3-5-15-12(7-10)14(19)8-16(21-15)11-6-9(17)2-4-13(11)18/h2-7,14,16,19H,8H2,1H3/t14-,16?/m0/s1. The first-order valence-corrected chi connectivity index (χ1v) is 7.31. The lowest BCUT2D eigenvalue weighted by atomic mass is 9.95. The van der Waals surface area contributed by atoms with Gasteiger partial charge in [0.15, 0.2) is 0 Å². The van der Waals surface area contributed by atoms with Crippen molar-refractivity contribution in [2.24, 2.45) is 0 Å². The number of aliphatic hydroxyl groups excluding tert-OH is 1. The van der Waals surface area contributed by atoms with Crippen LogP contribution in [0.5, 0.6) is 11.5 Å². The van der Waals surface area contributed by atoms with Gasteiger partial charge in [-0.05, 0) is 36.4 Å². The molecule has 110 valence electrons. The summed E-state index contributed by atoms with van der Waals surface area (Å²) in [7, 11) is 1.59. The van der Waals surface area contributed by atoms with Gasteiger partial charge in [0.2, 0.25) is 0 Å². The van der Waals surface area contributed by atoms with Crippen LogP contribution in [0, 0.1) is 0 Å². The molecule has 0 bridgehead atoms. The van der Waals surface area contributed by atoms with Crippen molar-refractivity contribution in [2.45, 2.75) is 18.6 Å². The van der Waals surface area contributed by atoms with Crippen molar-refractivity contribution in [3.63, 3.8) is 0 Å². The molecule has 0 fully saturated rings. The first kappa shape index (κ1) is 14.5. The Bertz CT molecular complexity index is 673. The molecule has 0 radical (unpaired) electrons. The molecule has 21 heavy (non-hydrogen) atoms. The molecule has 1 aliphatic rings. The van der Waals surface area contributed by atoms with Crippen LogP contribution in [-0.2, 0) is 0 Å². The predicted octanol–water partition coefficient (Wildman–Crippen LogP) is 4.56. The average Bonchev–Trinajstić information content (AvgIpc) is 2.49. The van der Waals surface area contributed by atoms with Crippen molar-refractivity contribution in [2.75, 3.05) is 7.11 Å². The molecule has 3 rings (SSSR count). The van der Waals surface area contributed by atoms with Gasteiger partial charge in [0.1, 0.15) is 17.6 Å². The van der Waals surface area contributed by atoms with E-state index in [1.165, 1.54) is 0 Å². The second-order valence-corrected chi connectivity index (χ2v) is 5.77. The third-order valence-electron chi connectivity index (χ3n) is 3.59. The summed E-state index contributed by atoms with van der Waals surface area (Å²) < 4.78 is 11.1. The summed E-state index contributed by atoms with van der Waals surface area (Å²) in [5, 5.41) is 11.5. The number of rotatable bonds is 2. The number of aliphatic hydroxyl groups is 1. The van der Waals surface area contributed by atoms with Crippen LogP contribution < -0.4 is 9.47 Å². The van der Waals surface area contributed by atoms with Crippen molar-refractivity contribution < 1.29 is 14.6 Å². The molecule has 0 aromatic heterocycles. The topological polar surface area (TPSA) is 38.7 Å². The predicted molar refractivity (Wildman–Crippen MR) is 82.4 cm³/mol. The molecule has 0 aliphatic carbocycles. The van der Waals surface area contributed by atoms with E-state index in [2.05, 4.69) is 0 Å². The highest BCUT2D eigenvalue weighted by molar-refractivity contribution is 6.33. The number of halogens is 2. The number of methoxy groups -OCH3 is 1. The number of fused-ring (bicyclic) bond motifs is 1. The van der Waals surface area contributed by atoms with Crippen LogP contribution in [0.25, 0.3) is 0 Å². The molecule has 1 heterocycles. The van der Waals surface area contributed by atoms with Crippen molar-refractivity contribution in [3.8, 4) is 11.5 Å². The van der Waals surface area contributed by atoms with E-state index in [4.69, 9.17) is 32.7 Å². The Morgan fingerprint density at radius 3 is 2.71 bits per heavy atom. The number of hydrogen-bond donors (Lipinski definition) is 1. The van der Waals surface area contributed by atoms with Gasteiger partial charge in [-0.15, -0.1) is 0 Å². The van der Waals surface area contributed by atoms with Gasteiger partial charge in [0, 0.05) is 27.6 Å². The lowest BCUT2D eigenvalue weighted by Crippen LogP contribution is -2.19. The van der Waals surface area contributed by atoms with Crippen molar-refractivity contribution in [1.29, 1.82) is 0 Å². The Labute approximate surface area is 133 Å². The molecular formula is C16H14Cl2O3. The SMILES string of the molecule is COc1ccc2c(c1)[C@@H](O)CC(c1cc(Cl)ccc1Cl)O2. The smallest absolute Gasteiger partial charge is 0.128 e. The minimum absolute atomic E-state index is 0.327. The van der Waals surface area contributed by atoms with E-state index in [1.807, 2.05) is 0 Å². The maximum absolute atomic E-state index is 10.4. The maximum Gasteiger partial charge on any atom is 0.128 e. The molecule has 0 spiro atoms. The minimum Gasteiger partial charge on any atom is -0.497 e. The highest BCUT2D eigenvalue weighted by Gasteiger charge is 2.29. The molecule has 2 atom stereocenters. The highest BCUT2D eigenvalue weighted by atomic mass is 35.5. The van der Waals surface area contributed by atoms with Crippen molar-refractivity contribution in [1.82, 2.24) is 0 Å². The fourth-order valence-electron chi connectivity index (χ4n) is 2.50. The molecule has 1 aliphatic heterocycles. The van der Waals surface area contributed by atoms with E-state index in [0.29, 0.717) is 28.0 Å². The summed E-state index contributed by atoms with van der Waals surface area (Å²) in [6.45, 7) is 0. The Balaban J connectivity index is 1.96. The largest absolute Gasteiger partial charge is 0.497 e. The van der Waals surface area contributed by atoms with Crippen LogP contribution in [-0.4, -0.2) is 12.2 Å². The summed E-state index contributed by atoms with van der Waals surface area (Å²) >= 11 is 12.2. The van der Waals surface area contributed by atoms with E-state index in [9.17, 15) is 5.11 Å². The molecule has 0 saturated carbocycles. The zero-order chi connectivity index (χ0) is 15.0. The summed E-state index contributed by atoms with van der Waals surface area (Å²) in [5.74, 6) is 1.33. The molecule has 1 N–H and O–H groups in total. The molecule has 2 aromatic carbocycles. The molecule has 3 nitrogen and oxygen atoms in total. The van der Waals surface area contributed by atoms with E-state index in [-0.39, 0.29) is 6.10 Å². The van der Waals surface area contributed by atoms with Gasteiger partial charge in [-0.3, -0.25) is 0 Å². The minimum atomic E-state index is -0.635. The van der Waals surface area contributed by atoms with Gasteiger partial charge in [0.25, 0.3) is 0 Å². The van der Waals surface area contributed by atoms with E-state index in [0.717, 1.165) is 11.1 Å². The van der Waals surface area contributed by atoms with E-state index >= 15 is 0 Å². The quantitative estimate of drug-likeness (QED) is 0.880. The van der Waals surface area contributed by atoms with Crippen molar-refractivity contribution in [3.05, 3.63) is 57.6 Å². The molecular weight excluding hydrogens is 311 g/mol. The molecule has 5 heteroatoms. The fraction of sp³-hybridized carbons (Fsp3) is 0.250. The number of hydrogen-bond acceptors (Lipinski definition) is 3. The Hall–Kier alpha value is -1.42. The van der Waals surface area contributed by atoms with Crippen LogP contribution in [0.2, 0.25) is 10.0 Å². The van der Waals surface area contributed by atoms with Gasteiger partial charge in [-0.1, -0.05) is 23.2 Å². The van der Waals surface area contributed by atoms with Crippen LogP contribution in [0.1, 0.15) is 29.8 Å². The van der Waals surface area contributed by atoms with Crippen molar-refractivity contribution >= 4 is 23.2 Å². The normalized spacial score (nSPS) is 20.6. The van der Waals surface area contributed by atoms with Crippen LogP contribution in [0.15, 0.2) is 36.4 Å². The average molecular weight is 325 g/mol. The van der Waals surface area contributed by atoms with Crippen LogP contribution in [0.4, 0.5) is 0 Å². The monoisotopic (exact) mass is 324 g/mol. The van der Waals surface area contributed by atoms with E-state index in [1.54, 1.807) is 43.5 Å². The summed E-state index contributed by atoms with van der Waals surface area (Å²) in [5.41, 5.74) is 1.51. The molecule has 1 unspecified atom stereocenters. The summed E-state index contributed by atoms with van der Waals surface area (Å²) in [6.07, 6.45) is -0.545. The first-order valence-electron chi connectivity index (χ1n) is 6.56.